The minimum Gasteiger partial charge on any atom is -0.444 e. The van der Waals surface area contributed by atoms with E-state index in [4.69, 9.17) is 21.6 Å². The van der Waals surface area contributed by atoms with Crippen molar-refractivity contribution < 1.29 is 9.53 Å². The number of anilines is 1. The Morgan fingerprint density at radius 1 is 1.62 bits per heavy atom. The Bertz CT molecular complexity index is 547. The molecule has 0 aliphatic carbocycles. The number of carbonyl (C=O) groups excluding carboxylic acids is 1. The molecule has 1 aromatic heterocycles. The van der Waals surface area contributed by atoms with Crippen molar-refractivity contribution >= 4 is 34.2 Å². The SMILES string of the molecule is CC(CNC(=O)OC(C)(C)C)N(C)c1snc(Cl)c1C#N. The van der Waals surface area contributed by atoms with E-state index in [1.54, 1.807) is 20.8 Å². The molecule has 21 heavy (non-hydrogen) atoms. The highest BCUT2D eigenvalue weighted by molar-refractivity contribution is 7.10. The highest BCUT2D eigenvalue weighted by Crippen LogP contribution is 2.31. The number of hydrogen-bond acceptors (Lipinski definition) is 6. The van der Waals surface area contributed by atoms with Gasteiger partial charge in [0.05, 0.1) is 0 Å². The minimum absolute atomic E-state index is 0.0406. The first kappa shape index (κ1) is 17.5. The smallest absolute Gasteiger partial charge is 0.407 e. The van der Waals surface area contributed by atoms with E-state index < -0.39 is 11.7 Å². The third-order valence-corrected chi connectivity index (χ3v) is 3.98. The summed E-state index contributed by atoms with van der Waals surface area (Å²) < 4.78 is 9.14. The number of nitrogens with one attached hydrogen (secondary N) is 1. The number of alkyl carbamates (subject to hydrolysis) is 1. The van der Waals surface area contributed by atoms with Gasteiger partial charge in [-0.1, -0.05) is 11.6 Å². The van der Waals surface area contributed by atoms with Crippen molar-refractivity contribution in [1.82, 2.24) is 9.69 Å². The lowest BCUT2D eigenvalue weighted by molar-refractivity contribution is 0.0525. The molecule has 0 aliphatic heterocycles. The van der Waals surface area contributed by atoms with E-state index >= 15 is 0 Å². The second-order valence-corrected chi connectivity index (χ2v) is 6.72. The van der Waals surface area contributed by atoms with Crippen LogP contribution in [-0.4, -0.2) is 35.7 Å². The Kier molecular flexibility index (Phi) is 5.81. The number of nitrogens with zero attached hydrogens (tertiary/aromatic N) is 3. The summed E-state index contributed by atoms with van der Waals surface area (Å²) in [5, 5.41) is 12.7. The number of ether oxygens (including phenoxy) is 1. The molecule has 0 bridgehead atoms. The highest BCUT2D eigenvalue weighted by Gasteiger charge is 2.21. The fraction of sp³-hybridized carbons (Fsp3) is 0.615. The van der Waals surface area contributed by atoms with Crippen molar-refractivity contribution in [3.8, 4) is 6.07 Å². The Balaban J connectivity index is 2.61. The van der Waals surface area contributed by atoms with Crippen LogP contribution in [-0.2, 0) is 4.74 Å². The Morgan fingerprint density at radius 2 is 2.24 bits per heavy atom. The van der Waals surface area contributed by atoms with Crippen LogP contribution in [0.5, 0.6) is 0 Å². The first-order valence-electron chi connectivity index (χ1n) is 6.40. The van der Waals surface area contributed by atoms with Crippen LogP contribution in [0.15, 0.2) is 0 Å². The summed E-state index contributed by atoms with van der Waals surface area (Å²) >= 11 is 7.01. The molecule has 116 valence electrons. The maximum Gasteiger partial charge on any atom is 0.407 e. The van der Waals surface area contributed by atoms with Crippen molar-refractivity contribution in [2.75, 3.05) is 18.5 Å². The van der Waals surface area contributed by atoms with Crippen LogP contribution < -0.4 is 10.2 Å². The zero-order valence-electron chi connectivity index (χ0n) is 12.7. The van der Waals surface area contributed by atoms with Crippen LogP contribution >= 0.6 is 23.1 Å². The van der Waals surface area contributed by atoms with Crippen molar-refractivity contribution in [1.29, 1.82) is 5.26 Å². The molecule has 0 spiro atoms. The molecular formula is C13H19ClN4O2S. The topological polar surface area (TPSA) is 78.2 Å². The van der Waals surface area contributed by atoms with Crippen LogP contribution in [0.2, 0.25) is 5.15 Å². The van der Waals surface area contributed by atoms with Gasteiger partial charge < -0.3 is 15.0 Å². The summed E-state index contributed by atoms with van der Waals surface area (Å²) in [6.07, 6.45) is -0.467. The Labute approximate surface area is 133 Å². The second kappa shape index (κ2) is 6.96. The summed E-state index contributed by atoms with van der Waals surface area (Å²) in [7, 11) is 1.83. The molecule has 0 aromatic carbocycles. The molecule has 0 radical (unpaired) electrons. The number of halogens is 1. The largest absolute Gasteiger partial charge is 0.444 e. The van der Waals surface area contributed by atoms with Crippen molar-refractivity contribution in [2.24, 2.45) is 0 Å². The van der Waals surface area contributed by atoms with E-state index in [0.717, 1.165) is 11.5 Å². The van der Waals surface area contributed by atoms with Crippen LogP contribution in [0.1, 0.15) is 33.3 Å². The summed E-state index contributed by atoms with van der Waals surface area (Å²) in [6.45, 7) is 7.72. The third kappa shape index (κ3) is 5.06. The normalized spacial score (nSPS) is 12.4. The molecule has 0 fully saturated rings. The van der Waals surface area contributed by atoms with Crippen molar-refractivity contribution in [2.45, 2.75) is 39.3 Å². The minimum atomic E-state index is -0.529. The standard InChI is InChI=1S/C13H19ClN4O2S/c1-8(7-16-12(19)20-13(2,3)4)18(5)11-9(6-15)10(14)17-21-11/h8H,7H2,1-5H3,(H,16,19). The predicted octanol–water partition coefficient (Wildman–Crippen LogP) is 3.02. The average Bonchev–Trinajstić information content (AvgIpc) is 2.74. The molecule has 1 N–H and O–H groups in total. The lowest BCUT2D eigenvalue weighted by atomic mass is 10.2. The van der Waals surface area contributed by atoms with Gasteiger partial charge in [0, 0.05) is 19.6 Å². The third-order valence-electron chi connectivity index (χ3n) is 2.67. The van der Waals surface area contributed by atoms with E-state index in [1.807, 2.05) is 24.9 Å². The van der Waals surface area contributed by atoms with Crippen molar-refractivity contribution in [3.63, 3.8) is 0 Å². The highest BCUT2D eigenvalue weighted by atomic mass is 35.5. The van der Waals surface area contributed by atoms with Gasteiger partial charge in [-0.25, -0.2) is 4.79 Å². The van der Waals surface area contributed by atoms with Crippen LogP contribution in [0.25, 0.3) is 0 Å². The molecule has 1 rings (SSSR count). The number of likely N-dealkylation sites (N-methyl/N-ethyl adjacent to an activating group) is 1. The molecule has 1 unspecified atom stereocenters. The number of nitriles is 1. The summed E-state index contributed by atoms with van der Waals surface area (Å²) in [5.41, 5.74) is -0.174. The Morgan fingerprint density at radius 3 is 2.76 bits per heavy atom. The number of amides is 1. The molecule has 0 saturated heterocycles. The van der Waals surface area contributed by atoms with E-state index in [2.05, 4.69) is 9.69 Å². The fourth-order valence-corrected chi connectivity index (χ4v) is 2.57. The number of rotatable bonds is 4. The molecular weight excluding hydrogens is 312 g/mol. The van der Waals surface area contributed by atoms with Crippen LogP contribution in [0.4, 0.5) is 9.80 Å². The zero-order valence-corrected chi connectivity index (χ0v) is 14.3. The van der Waals surface area contributed by atoms with Crippen LogP contribution in [0, 0.1) is 11.3 Å². The number of aromatic nitrogens is 1. The summed E-state index contributed by atoms with van der Waals surface area (Å²) in [4.78, 5) is 13.5. The quantitative estimate of drug-likeness (QED) is 0.918. The second-order valence-electron chi connectivity index (χ2n) is 5.61. The number of carbonyl (C=O) groups is 1. The van der Waals surface area contributed by atoms with Gasteiger partial charge >= 0.3 is 6.09 Å². The molecule has 8 heteroatoms. The zero-order chi connectivity index (χ0) is 16.2. The molecule has 1 atom stereocenters. The molecule has 6 nitrogen and oxygen atoms in total. The van der Waals surface area contributed by atoms with E-state index in [-0.39, 0.29) is 11.2 Å². The number of hydrogen-bond donors (Lipinski definition) is 1. The summed E-state index contributed by atoms with van der Waals surface area (Å²) in [6, 6.07) is 2.00. The van der Waals surface area contributed by atoms with Gasteiger partial charge in [-0.3, -0.25) is 0 Å². The van der Waals surface area contributed by atoms with Gasteiger partial charge in [-0.2, -0.15) is 9.64 Å². The monoisotopic (exact) mass is 330 g/mol. The van der Waals surface area contributed by atoms with Gasteiger partial charge in [0.2, 0.25) is 0 Å². The van der Waals surface area contributed by atoms with Gasteiger partial charge in [-0.05, 0) is 39.2 Å². The van der Waals surface area contributed by atoms with Crippen LogP contribution in [0.3, 0.4) is 0 Å². The average molecular weight is 331 g/mol. The molecule has 1 heterocycles. The first-order chi connectivity index (χ1) is 9.65. The van der Waals surface area contributed by atoms with E-state index in [0.29, 0.717) is 17.1 Å². The lowest BCUT2D eigenvalue weighted by Gasteiger charge is -2.26. The first-order valence-corrected chi connectivity index (χ1v) is 7.55. The maximum atomic E-state index is 11.6. The molecule has 0 saturated carbocycles. The Hall–Kier alpha value is -1.52. The lowest BCUT2D eigenvalue weighted by Crippen LogP contribution is -2.42. The van der Waals surface area contributed by atoms with Crippen molar-refractivity contribution in [3.05, 3.63) is 10.7 Å². The molecule has 0 aliphatic rings. The fourth-order valence-electron chi connectivity index (χ4n) is 1.48. The van der Waals surface area contributed by atoms with Gasteiger partial charge in [0.1, 0.15) is 22.2 Å². The molecule has 1 amide bonds. The maximum absolute atomic E-state index is 11.6. The summed E-state index contributed by atoms with van der Waals surface area (Å²) in [5.74, 6) is 0. The van der Waals surface area contributed by atoms with Gasteiger partial charge in [-0.15, -0.1) is 0 Å². The van der Waals surface area contributed by atoms with Gasteiger partial charge in [0.15, 0.2) is 5.15 Å². The molecule has 1 aromatic rings. The predicted molar refractivity (Wildman–Crippen MR) is 83.9 cm³/mol. The van der Waals surface area contributed by atoms with Gasteiger partial charge in [0.25, 0.3) is 0 Å². The van der Waals surface area contributed by atoms with E-state index in [1.165, 1.54) is 0 Å². The van der Waals surface area contributed by atoms with E-state index in [9.17, 15) is 4.79 Å².